The molecule has 0 saturated heterocycles. The number of hydrogen-bond donors (Lipinski definition) is 2. The van der Waals surface area contributed by atoms with Crippen molar-refractivity contribution in [3.05, 3.63) is 63.6 Å². The molecule has 8 heteroatoms. The van der Waals surface area contributed by atoms with Gasteiger partial charge in [-0.25, -0.2) is 9.59 Å². The SMILES string of the molecule is COC(=O)N1CC2=C(NC(=O)NC2c2ccc(OC)c(Br)c2)c2ccccc21. The topological polar surface area (TPSA) is 79.9 Å². The van der Waals surface area contributed by atoms with Crippen LogP contribution in [0.3, 0.4) is 0 Å². The Balaban J connectivity index is 1.86. The van der Waals surface area contributed by atoms with Crippen LogP contribution in [0.15, 0.2) is 52.5 Å². The minimum atomic E-state index is -0.453. The quantitative estimate of drug-likeness (QED) is 0.739. The van der Waals surface area contributed by atoms with Gasteiger partial charge in [-0.15, -0.1) is 0 Å². The summed E-state index contributed by atoms with van der Waals surface area (Å²) in [5, 5.41) is 5.86. The van der Waals surface area contributed by atoms with Crippen molar-refractivity contribution < 1.29 is 19.1 Å². The van der Waals surface area contributed by atoms with E-state index in [1.807, 2.05) is 42.5 Å². The summed E-state index contributed by atoms with van der Waals surface area (Å²) in [6.07, 6.45) is -0.453. The minimum Gasteiger partial charge on any atom is -0.496 e. The first-order chi connectivity index (χ1) is 13.5. The molecule has 0 aliphatic carbocycles. The molecular formula is C20H18BrN3O4. The van der Waals surface area contributed by atoms with Crippen molar-refractivity contribution >= 4 is 39.4 Å². The first-order valence-electron chi connectivity index (χ1n) is 8.62. The smallest absolute Gasteiger partial charge is 0.414 e. The zero-order chi connectivity index (χ0) is 19.8. The van der Waals surface area contributed by atoms with Crippen LogP contribution in [0.2, 0.25) is 0 Å². The van der Waals surface area contributed by atoms with Crippen LogP contribution >= 0.6 is 15.9 Å². The highest BCUT2D eigenvalue weighted by molar-refractivity contribution is 9.10. The van der Waals surface area contributed by atoms with Gasteiger partial charge in [0.15, 0.2) is 0 Å². The van der Waals surface area contributed by atoms with Crippen molar-refractivity contribution in [3.8, 4) is 5.75 Å². The second-order valence-electron chi connectivity index (χ2n) is 6.40. The number of nitrogens with zero attached hydrogens (tertiary/aromatic N) is 1. The van der Waals surface area contributed by atoms with E-state index in [1.54, 1.807) is 12.0 Å². The van der Waals surface area contributed by atoms with E-state index in [0.29, 0.717) is 18.0 Å². The van der Waals surface area contributed by atoms with Gasteiger partial charge in [-0.3, -0.25) is 4.90 Å². The molecule has 1 atom stereocenters. The molecule has 2 heterocycles. The van der Waals surface area contributed by atoms with Crippen LogP contribution in [-0.4, -0.2) is 32.9 Å². The van der Waals surface area contributed by atoms with E-state index in [0.717, 1.165) is 26.9 Å². The molecule has 3 amide bonds. The molecule has 2 aromatic rings. The zero-order valence-corrected chi connectivity index (χ0v) is 16.9. The van der Waals surface area contributed by atoms with Gasteiger partial charge in [-0.2, -0.15) is 0 Å². The van der Waals surface area contributed by atoms with Gasteiger partial charge in [0.2, 0.25) is 0 Å². The first-order valence-corrected chi connectivity index (χ1v) is 9.41. The summed E-state index contributed by atoms with van der Waals surface area (Å²) in [6, 6.07) is 12.4. The molecule has 0 spiro atoms. The third kappa shape index (κ3) is 2.99. The monoisotopic (exact) mass is 443 g/mol. The van der Waals surface area contributed by atoms with Crippen molar-refractivity contribution in [2.45, 2.75) is 6.04 Å². The fourth-order valence-corrected chi connectivity index (χ4v) is 4.16. The lowest BCUT2D eigenvalue weighted by Crippen LogP contribution is -2.49. The number of rotatable bonds is 2. The van der Waals surface area contributed by atoms with E-state index < -0.39 is 12.1 Å². The molecule has 0 radical (unpaired) electrons. The summed E-state index contributed by atoms with van der Waals surface area (Å²) >= 11 is 3.50. The maximum absolute atomic E-state index is 12.4. The largest absolute Gasteiger partial charge is 0.496 e. The molecule has 7 nitrogen and oxygen atoms in total. The molecule has 28 heavy (non-hydrogen) atoms. The number of anilines is 1. The molecule has 0 aromatic heterocycles. The van der Waals surface area contributed by atoms with E-state index in [9.17, 15) is 9.59 Å². The molecule has 144 valence electrons. The molecule has 2 aliphatic rings. The molecular weight excluding hydrogens is 426 g/mol. The number of nitrogens with one attached hydrogen (secondary N) is 2. The maximum atomic E-state index is 12.4. The summed E-state index contributed by atoms with van der Waals surface area (Å²) in [7, 11) is 2.95. The highest BCUT2D eigenvalue weighted by Gasteiger charge is 2.37. The van der Waals surface area contributed by atoms with E-state index in [4.69, 9.17) is 9.47 Å². The van der Waals surface area contributed by atoms with E-state index >= 15 is 0 Å². The van der Waals surface area contributed by atoms with Crippen LogP contribution in [0.1, 0.15) is 17.2 Å². The van der Waals surface area contributed by atoms with Gasteiger partial charge in [0.1, 0.15) is 5.75 Å². The standard InChI is InChI=1S/C20H18BrN3O4/c1-27-16-8-7-11(9-14(16)21)17-13-10-24(20(26)28-2)15-6-4-3-5-12(15)18(13)23-19(25)22-17/h3-9,17H,10H2,1-2H3,(H2,22,23,25). The number of para-hydroxylation sites is 1. The lowest BCUT2D eigenvalue weighted by Gasteiger charge is -2.38. The lowest BCUT2D eigenvalue weighted by molar-refractivity contribution is 0.179. The number of urea groups is 1. The Morgan fingerprint density at radius 2 is 2.00 bits per heavy atom. The summed E-state index contributed by atoms with van der Waals surface area (Å²) in [6.45, 7) is 0.292. The average Bonchev–Trinajstić information content (AvgIpc) is 2.72. The van der Waals surface area contributed by atoms with Crippen LogP contribution in [-0.2, 0) is 4.74 Å². The second kappa shape index (κ2) is 7.20. The zero-order valence-electron chi connectivity index (χ0n) is 15.3. The predicted octanol–water partition coefficient (Wildman–Crippen LogP) is 3.81. The normalized spacial score (nSPS) is 17.9. The number of fused-ring (bicyclic) bond motifs is 2. The van der Waals surface area contributed by atoms with Crippen LogP contribution < -0.4 is 20.3 Å². The maximum Gasteiger partial charge on any atom is 0.414 e. The van der Waals surface area contributed by atoms with E-state index in [-0.39, 0.29) is 6.03 Å². The number of carbonyl (C=O) groups is 2. The van der Waals surface area contributed by atoms with Crippen molar-refractivity contribution in [2.75, 3.05) is 25.7 Å². The van der Waals surface area contributed by atoms with E-state index in [1.165, 1.54) is 7.11 Å². The van der Waals surface area contributed by atoms with Gasteiger partial charge >= 0.3 is 12.1 Å². The molecule has 2 aliphatic heterocycles. The number of hydrogen-bond acceptors (Lipinski definition) is 4. The van der Waals surface area contributed by atoms with Crippen LogP contribution in [0.5, 0.6) is 5.75 Å². The molecule has 1 unspecified atom stereocenters. The molecule has 0 saturated carbocycles. The number of benzene rings is 2. The molecule has 2 N–H and O–H groups in total. The highest BCUT2D eigenvalue weighted by Crippen LogP contribution is 2.41. The van der Waals surface area contributed by atoms with Crippen molar-refractivity contribution in [3.63, 3.8) is 0 Å². The molecule has 2 aromatic carbocycles. The van der Waals surface area contributed by atoms with Crippen molar-refractivity contribution in [1.29, 1.82) is 0 Å². The Bertz CT molecular complexity index is 1000. The van der Waals surface area contributed by atoms with Crippen LogP contribution in [0, 0.1) is 0 Å². The van der Waals surface area contributed by atoms with Crippen LogP contribution in [0.4, 0.5) is 15.3 Å². The Morgan fingerprint density at radius 3 is 2.71 bits per heavy atom. The van der Waals surface area contributed by atoms with Gasteiger partial charge in [-0.1, -0.05) is 24.3 Å². The Morgan fingerprint density at radius 1 is 1.21 bits per heavy atom. The Kier molecular flexibility index (Phi) is 4.72. The van der Waals surface area contributed by atoms with Gasteiger partial charge < -0.3 is 20.1 Å². The Hall–Kier alpha value is -3.00. The first kappa shape index (κ1) is 18.4. The van der Waals surface area contributed by atoms with Gasteiger partial charge in [0, 0.05) is 11.1 Å². The highest BCUT2D eigenvalue weighted by atomic mass is 79.9. The summed E-state index contributed by atoms with van der Waals surface area (Å²) < 4.78 is 11.0. The minimum absolute atomic E-state index is 0.292. The molecule has 0 bridgehead atoms. The average molecular weight is 444 g/mol. The summed E-state index contributed by atoms with van der Waals surface area (Å²) in [5.41, 5.74) is 3.95. The van der Waals surface area contributed by atoms with Gasteiger partial charge in [0.05, 0.1) is 42.7 Å². The number of methoxy groups -OCH3 is 2. The fourth-order valence-electron chi connectivity index (χ4n) is 3.60. The third-order valence-corrected chi connectivity index (χ3v) is 5.50. The summed E-state index contributed by atoms with van der Waals surface area (Å²) in [5.74, 6) is 0.698. The number of carbonyl (C=O) groups excluding carboxylic acids is 2. The summed E-state index contributed by atoms with van der Waals surface area (Å²) in [4.78, 5) is 26.4. The second-order valence-corrected chi connectivity index (χ2v) is 7.25. The Labute approximate surface area is 170 Å². The van der Waals surface area contributed by atoms with Crippen LogP contribution in [0.25, 0.3) is 5.70 Å². The predicted molar refractivity (Wildman–Crippen MR) is 108 cm³/mol. The number of ether oxygens (including phenoxy) is 2. The van der Waals surface area contributed by atoms with Crippen molar-refractivity contribution in [1.82, 2.24) is 10.6 Å². The van der Waals surface area contributed by atoms with Gasteiger partial charge in [0.25, 0.3) is 0 Å². The lowest BCUT2D eigenvalue weighted by atomic mass is 9.89. The van der Waals surface area contributed by atoms with Crippen molar-refractivity contribution in [2.24, 2.45) is 0 Å². The van der Waals surface area contributed by atoms with Gasteiger partial charge in [-0.05, 0) is 39.7 Å². The number of halogens is 1. The fraction of sp³-hybridized carbons (Fsp3) is 0.200. The number of amides is 3. The molecule has 4 rings (SSSR count). The van der Waals surface area contributed by atoms with E-state index in [2.05, 4.69) is 26.6 Å². The third-order valence-electron chi connectivity index (χ3n) is 4.88. The molecule has 0 fully saturated rings.